The van der Waals surface area contributed by atoms with Gasteiger partial charge in [0, 0.05) is 6.42 Å². The van der Waals surface area contributed by atoms with Crippen LogP contribution in [0.1, 0.15) is 13.3 Å². The van der Waals surface area contributed by atoms with Crippen molar-refractivity contribution in [3.63, 3.8) is 0 Å². The minimum Gasteiger partial charge on any atom is -0.490 e. The van der Waals surface area contributed by atoms with Crippen LogP contribution < -0.4 is 4.74 Å². The standard InChI is InChI=1S/C10H10Cl2O2/c1-7(13)5-6-14-10-8(11)3-2-4-9(10)12/h2-4H,5-6H2,1H3. The second kappa shape index (κ2) is 5.23. The molecule has 1 aromatic rings. The maximum absolute atomic E-state index is 10.7. The van der Waals surface area contributed by atoms with Gasteiger partial charge in [-0.25, -0.2) is 0 Å². The highest BCUT2D eigenvalue weighted by atomic mass is 35.5. The summed E-state index contributed by atoms with van der Waals surface area (Å²) in [6.45, 7) is 1.82. The maximum Gasteiger partial charge on any atom is 0.156 e. The van der Waals surface area contributed by atoms with Crippen LogP contribution in [-0.4, -0.2) is 12.4 Å². The Bertz CT molecular complexity index is 317. The molecule has 4 heteroatoms. The summed E-state index contributed by atoms with van der Waals surface area (Å²) in [5.41, 5.74) is 0. The Balaban J connectivity index is 2.62. The van der Waals surface area contributed by atoms with E-state index in [1.165, 1.54) is 6.92 Å². The van der Waals surface area contributed by atoms with Crippen molar-refractivity contribution in [2.24, 2.45) is 0 Å². The van der Waals surface area contributed by atoms with Gasteiger partial charge in [-0.05, 0) is 19.1 Å². The van der Waals surface area contributed by atoms with E-state index in [0.29, 0.717) is 28.8 Å². The Labute approximate surface area is 92.8 Å². The van der Waals surface area contributed by atoms with Gasteiger partial charge in [-0.3, -0.25) is 4.79 Å². The first kappa shape index (κ1) is 11.3. The summed E-state index contributed by atoms with van der Waals surface area (Å²) in [5, 5.41) is 0.919. The van der Waals surface area contributed by atoms with Gasteiger partial charge in [-0.15, -0.1) is 0 Å². The van der Waals surface area contributed by atoms with Crippen LogP contribution in [0.4, 0.5) is 0 Å². The Morgan fingerprint density at radius 1 is 1.36 bits per heavy atom. The van der Waals surface area contributed by atoms with Gasteiger partial charge in [0.1, 0.15) is 5.78 Å². The summed E-state index contributed by atoms with van der Waals surface area (Å²) in [6.07, 6.45) is 0.363. The number of hydrogen-bond acceptors (Lipinski definition) is 2. The van der Waals surface area contributed by atoms with Gasteiger partial charge in [0.2, 0.25) is 0 Å². The lowest BCUT2D eigenvalue weighted by atomic mass is 10.3. The van der Waals surface area contributed by atoms with Gasteiger partial charge < -0.3 is 4.74 Å². The van der Waals surface area contributed by atoms with Crippen molar-refractivity contribution in [2.75, 3.05) is 6.61 Å². The molecular weight excluding hydrogens is 223 g/mol. The van der Waals surface area contributed by atoms with Crippen LogP contribution in [0, 0.1) is 0 Å². The SMILES string of the molecule is CC(=O)CCOc1c(Cl)cccc1Cl. The minimum absolute atomic E-state index is 0.0770. The Morgan fingerprint density at radius 2 is 1.93 bits per heavy atom. The largest absolute Gasteiger partial charge is 0.490 e. The van der Waals surface area contributed by atoms with E-state index in [2.05, 4.69) is 0 Å². The van der Waals surface area contributed by atoms with E-state index < -0.39 is 0 Å². The van der Waals surface area contributed by atoms with Crippen molar-refractivity contribution in [3.05, 3.63) is 28.2 Å². The van der Waals surface area contributed by atoms with Crippen LogP contribution in [0.15, 0.2) is 18.2 Å². The second-order valence-corrected chi connectivity index (χ2v) is 3.67. The third-order valence-corrected chi connectivity index (χ3v) is 2.21. The zero-order chi connectivity index (χ0) is 10.6. The highest BCUT2D eigenvalue weighted by Crippen LogP contribution is 2.32. The molecule has 0 radical (unpaired) electrons. The van der Waals surface area contributed by atoms with Crippen molar-refractivity contribution in [3.8, 4) is 5.75 Å². The topological polar surface area (TPSA) is 26.3 Å². The van der Waals surface area contributed by atoms with Crippen LogP contribution in [0.2, 0.25) is 10.0 Å². The predicted molar refractivity (Wildman–Crippen MR) is 57.3 cm³/mol. The Morgan fingerprint density at radius 3 is 2.43 bits per heavy atom. The van der Waals surface area contributed by atoms with Gasteiger partial charge in [0.15, 0.2) is 5.75 Å². The first-order valence-corrected chi connectivity index (χ1v) is 4.93. The number of Topliss-reactive ketones (excluding diaryl/α,β-unsaturated/α-hetero) is 1. The molecule has 14 heavy (non-hydrogen) atoms. The molecule has 0 atom stereocenters. The smallest absolute Gasteiger partial charge is 0.156 e. The summed E-state index contributed by atoms with van der Waals surface area (Å²) >= 11 is 11.7. The highest BCUT2D eigenvalue weighted by molar-refractivity contribution is 6.37. The average Bonchev–Trinajstić information content (AvgIpc) is 2.09. The second-order valence-electron chi connectivity index (χ2n) is 2.85. The number of ketones is 1. The average molecular weight is 233 g/mol. The molecule has 0 aromatic heterocycles. The molecule has 0 N–H and O–H groups in total. The summed E-state index contributed by atoms with van der Waals surface area (Å²) in [7, 11) is 0. The van der Waals surface area contributed by atoms with Crippen molar-refractivity contribution in [2.45, 2.75) is 13.3 Å². The van der Waals surface area contributed by atoms with Gasteiger partial charge >= 0.3 is 0 Å². The van der Waals surface area contributed by atoms with Crippen LogP contribution in [0.25, 0.3) is 0 Å². The Hall–Kier alpha value is -0.730. The van der Waals surface area contributed by atoms with Crippen LogP contribution in [-0.2, 0) is 4.79 Å². The molecule has 2 nitrogen and oxygen atoms in total. The molecule has 1 rings (SSSR count). The van der Waals surface area contributed by atoms with E-state index in [1.807, 2.05) is 0 Å². The number of rotatable bonds is 4. The van der Waals surface area contributed by atoms with Crippen LogP contribution >= 0.6 is 23.2 Å². The molecule has 0 aliphatic heterocycles. The molecule has 0 saturated carbocycles. The predicted octanol–water partition coefficient (Wildman–Crippen LogP) is 3.35. The van der Waals surface area contributed by atoms with Gasteiger partial charge in [0.05, 0.1) is 16.7 Å². The van der Waals surface area contributed by atoms with Gasteiger partial charge in [-0.1, -0.05) is 29.3 Å². The molecular formula is C10H10Cl2O2. The van der Waals surface area contributed by atoms with E-state index in [9.17, 15) is 4.79 Å². The van der Waals surface area contributed by atoms with Gasteiger partial charge in [-0.2, -0.15) is 0 Å². The van der Waals surface area contributed by atoms with E-state index in [-0.39, 0.29) is 5.78 Å². The lowest BCUT2D eigenvalue weighted by Crippen LogP contribution is -2.03. The highest BCUT2D eigenvalue weighted by Gasteiger charge is 2.06. The fourth-order valence-electron chi connectivity index (χ4n) is 0.917. The van der Waals surface area contributed by atoms with Crippen molar-refractivity contribution >= 4 is 29.0 Å². The molecule has 0 saturated heterocycles. The molecule has 76 valence electrons. The molecule has 1 aromatic carbocycles. The lowest BCUT2D eigenvalue weighted by Gasteiger charge is -2.08. The number of carbonyl (C=O) groups is 1. The number of benzene rings is 1. The molecule has 0 spiro atoms. The fourth-order valence-corrected chi connectivity index (χ4v) is 1.42. The van der Waals surface area contributed by atoms with E-state index in [4.69, 9.17) is 27.9 Å². The van der Waals surface area contributed by atoms with Crippen molar-refractivity contribution in [1.82, 2.24) is 0 Å². The van der Waals surface area contributed by atoms with E-state index in [1.54, 1.807) is 18.2 Å². The lowest BCUT2D eigenvalue weighted by molar-refractivity contribution is -0.117. The molecule has 0 amide bonds. The summed E-state index contributed by atoms with van der Waals surface area (Å²) in [5.74, 6) is 0.519. The summed E-state index contributed by atoms with van der Waals surface area (Å²) in [6, 6.07) is 5.12. The van der Waals surface area contributed by atoms with E-state index >= 15 is 0 Å². The first-order chi connectivity index (χ1) is 6.61. The van der Waals surface area contributed by atoms with Crippen molar-refractivity contribution in [1.29, 1.82) is 0 Å². The minimum atomic E-state index is 0.0770. The van der Waals surface area contributed by atoms with Crippen LogP contribution in [0.5, 0.6) is 5.75 Å². The molecule has 0 aliphatic rings. The number of para-hydroxylation sites is 1. The third-order valence-electron chi connectivity index (χ3n) is 1.62. The third kappa shape index (κ3) is 3.20. The number of carbonyl (C=O) groups excluding carboxylic acids is 1. The molecule has 0 fully saturated rings. The molecule has 0 aliphatic carbocycles. The summed E-state index contributed by atoms with van der Waals surface area (Å²) < 4.78 is 5.29. The molecule has 0 unspecified atom stereocenters. The zero-order valence-electron chi connectivity index (χ0n) is 7.72. The quantitative estimate of drug-likeness (QED) is 0.796. The fraction of sp³-hybridized carbons (Fsp3) is 0.300. The zero-order valence-corrected chi connectivity index (χ0v) is 9.23. The number of halogens is 2. The monoisotopic (exact) mass is 232 g/mol. The molecule has 0 bridgehead atoms. The van der Waals surface area contributed by atoms with Crippen LogP contribution in [0.3, 0.4) is 0 Å². The normalized spacial score (nSPS) is 9.93. The van der Waals surface area contributed by atoms with Gasteiger partial charge in [0.25, 0.3) is 0 Å². The van der Waals surface area contributed by atoms with Crippen molar-refractivity contribution < 1.29 is 9.53 Å². The Kier molecular flexibility index (Phi) is 4.23. The maximum atomic E-state index is 10.7. The first-order valence-electron chi connectivity index (χ1n) is 4.17. The molecule has 0 heterocycles. The number of ether oxygens (including phenoxy) is 1. The summed E-state index contributed by atoms with van der Waals surface area (Å²) in [4.78, 5) is 10.7. The number of hydrogen-bond donors (Lipinski definition) is 0. The van der Waals surface area contributed by atoms with E-state index in [0.717, 1.165) is 0 Å².